The second-order valence-electron chi connectivity index (χ2n) is 7.08. The molecule has 5 rings (SSSR count). The predicted molar refractivity (Wildman–Crippen MR) is 104 cm³/mol. The van der Waals surface area contributed by atoms with Crippen LogP contribution in [0.15, 0.2) is 43.0 Å². The first-order valence-corrected chi connectivity index (χ1v) is 9.35. The minimum atomic E-state index is -0.788. The third-order valence-electron chi connectivity index (χ3n) is 5.27. The van der Waals surface area contributed by atoms with Crippen LogP contribution in [0, 0.1) is 0 Å². The normalized spacial score (nSPS) is 23.5. The maximum absolute atomic E-state index is 12.1. The van der Waals surface area contributed by atoms with Gasteiger partial charge in [-0.05, 0) is 0 Å². The summed E-state index contributed by atoms with van der Waals surface area (Å²) in [4.78, 5) is 37.1. The summed E-state index contributed by atoms with van der Waals surface area (Å²) in [5, 5.41) is 22.4. The Morgan fingerprint density at radius 3 is 2.73 bits per heavy atom. The van der Waals surface area contributed by atoms with Gasteiger partial charge in [-0.2, -0.15) is 0 Å². The number of carbonyl (C=O) groups is 2. The number of allylic oxidation sites excluding steroid dienone is 1. The highest BCUT2D eigenvalue weighted by atomic mass is 16.5. The van der Waals surface area contributed by atoms with Crippen molar-refractivity contribution in [2.75, 3.05) is 11.9 Å². The van der Waals surface area contributed by atoms with Crippen molar-refractivity contribution in [3.05, 3.63) is 54.1 Å². The van der Waals surface area contributed by atoms with Crippen molar-refractivity contribution >= 4 is 34.2 Å². The molecule has 1 aliphatic heterocycles. The number of Topliss-reactive ketones (excluding diaryl/α,β-unsaturated/α-hetero) is 1. The molecule has 30 heavy (non-hydrogen) atoms. The Bertz CT molecular complexity index is 1200. The second kappa shape index (κ2) is 7.10. The molecule has 3 heterocycles. The topological polar surface area (TPSA) is 139 Å². The molecule has 3 aromatic rings. The number of benzene rings is 1. The van der Waals surface area contributed by atoms with Crippen LogP contribution >= 0.6 is 0 Å². The lowest BCUT2D eigenvalue weighted by Crippen LogP contribution is -2.24. The number of imidazole rings is 1. The number of hydrogen-bond acceptors (Lipinski definition) is 9. The van der Waals surface area contributed by atoms with E-state index in [0.717, 1.165) is 0 Å². The summed E-state index contributed by atoms with van der Waals surface area (Å²) >= 11 is 0. The number of fused-ring (bicyclic) bond motifs is 2. The maximum Gasteiger partial charge on any atom is 0.233 e. The fourth-order valence-electron chi connectivity index (χ4n) is 3.76. The second-order valence-corrected chi connectivity index (χ2v) is 7.08. The van der Waals surface area contributed by atoms with Crippen molar-refractivity contribution in [3.63, 3.8) is 0 Å². The first kappa shape index (κ1) is 18.6. The van der Waals surface area contributed by atoms with Crippen molar-refractivity contribution in [2.45, 2.75) is 24.9 Å². The lowest BCUT2D eigenvalue weighted by atomic mass is 9.93. The minimum Gasteiger partial charge on any atom is -0.394 e. The fourth-order valence-corrected chi connectivity index (χ4v) is 3.76. The molecule has 1 aliphatic carbocycles. The molecule has 0 amide bonds. The lowest BCUT2D eigenvalue weighted by molar-refractivity contribution is -0.111. The van der Waals surface area contributed by atoms with Gasteiger partial charge in [-0.1, -0.05) is 24.3 Å². The van der Waals surface area contributed by atoms with Gasteiger partial charge in [0, 0.05) is 23.6 Å². The number of rotatable bonds is 4. The number of nitrogens with zero attached hydrogens (tertiary/aromatic N) is 4. The highest BCUT2D eigenvalue weighted by molar-refractivity contribution is 6.50. The Labute approximate surface area is 169 Å². The molecule has 2 aromatic heterocycles. The molecule has 10 nitrogen and oxygen atoms in total. The molecule has 3 N–H and O–H groups in total. The number of carbonyl (C=O) groups excluding carboxylic acids is 2. The molecule has 1 aromatic carbocycles. The summed E-state index contributed by atoms with van der Waals surface area (Å²) in [7, 11) is 0. The van der Waals surface area contributed by atoms with E-state index in [1.165, 1.54) is 18.7 Å². The molecule has 152 valence electrons. The molecule has 2 aliphatic rings. The van der Waals surface area contributed by atoms with Gasteiger partial charge in [0.15, 0.2) is 17.0 Å². The van der Waals surface area contributed by atoms with Crippen LogP contribution < -0.4 is 5.32 Å². The molecular formula is C20H17N5O5. The zero-order valence-electron chi connectivity index (χ0n) is 15.6. The van der Waals surface area contributed by atoms with Crippen molar-refractivity contribution < 1.29 is 24.5 Å². The smallest absolute Gasteiger partial charge is 0.233 e. The van der Waals surface area contributed by atoms with Crippen LogP contribution in [0.3, 0.4) is 0 Å². The largest absolute Gasteiger partial charge is 0.394 e. The molecule has 1 fully saturated rings. The molecule has 0 spiro atoms. The van der Waals surface area contributed by atoms with E-state index in [1.807, 2.05) is 0 Å². The molecule has 0 unspecified atom stereocenters. The van der Waals surface area contributed by atoms with E-state index in [-0.39, 0.29) is 6.61 Å². The van der Waals surface area contributed by atoms with Gasteiger partial charge in [-0.25, -0.2) is 15.0 Å². The number of aromatic nitrogens is 4. The Kier molecular flexibility index (Phi) is 4.39. The van der Waals surface area contributed by atoms with Gasteiger partial charge in [-0.15, -0.1) is 0 Å². The Balaban J connectivity index is 1.51. The first-order chi connectivity index (χ1) is 14.6. The third-order valence-corrected chi connectivity index (χ3v) is 5.27. The predicted octanol–water partition coefficient (Wildman–Crippen LogP) is 0.685. The number of nitrogens with one attached hydrogen (secondary N) is 1. The molecule has 0 saturated carbocycles. The summed E-state index contributed by atoms with van der Waals surface area (Å²) in [6.45, 7) is -0.285. The van der Waals surface area contributed by atoms with Crippen LogP contribution in [0.1, 0.15) is 28.6 Å². The Morgan fingerprint density at radius 1 is 1.17 bits per heavy atom. The van der Waals surface area contributed by atoms with Gasteiger partial charge < -0.3 is 20.3 Å². The third kappa shape index (κ3) is 2.89. The number of hydrogen-bond donors (Lipinski definition) is 3. The summed E-state index contributed by atoms with van der Waals surface area (Å²) in [6, 6.07) is 6.84. The van der Waals surface area contributed by atoms with Crippen molar-refractivity contribution in [1.82, 2.24) is 19.5 Å². The van der Waals surface area contributed by atoms with E-state index >= 15 is 0 Å². The van der Waals surface area contributed by atoms with E-state index in [0.29, 0.717) is 40.2 Å². The van der Waals surface area contributed by atoms with Crippen LogP contribution in [0.4, 0.5) is 5.82 Å². The van der Waals surface area contributed by atoms with Crippen LogP contribution in [0.5, 0.6) is 0 Å². The minimum absolute atomic E-state index is 0.285. The van der Waals surface area contributed by atoms with E-state index in [9.17, 15) is 19.8 Å². The Morgan fingerprint density at radius 2 is 1.97 bits per heavy atom. The summed E-state index contributed by atoms with van der Waals surface area (Å²) < 4.78 is 7.35. The van der Waals surface area contributed by atoms with Crippen LogP contribution in [-0.4, -0.2) is 60.1 Å². The number of aliphatic hydroxyl groups is 2. The highest BCUT2D eigenvalue weighted by Gasteiger charge is 2.35. The van der Waals surface area contributed by atoms with Gasteiger partial charge in [0.05, 0.1) is 24.7 Å². The zero-order chi connectivity index (χ0) is 20.8. The van der Waals surface area contributed by atoms with Crippen molar-refractivity contribution in [1.29, 1.82) is 0 Å². The van der Waals surface area contributed by atoms with E-state index in [2.05, 4.69) is 20.3 Å². The molecule has 1 saturated heterocycles. The van der Waals surface area contributed by atoms with Crippen LogP contribution in [0.2, 0.25) is 0 Å². The molecular weight excluding hydrogens is 390 g/mol. The summed E-state index contributed by atoms with van der Waals surface area (Å²) in [6.07, 6.45) is 2.43. The number of ether oxygens (including phenoxy) is 1. The number of aliphatic hydroxyl groups excluding tert-OH is 2. The van der Waals surface area contributed by atoms with Crippen LogP contribution in [0.25, 0.3) is 16.9 Å². The highest BCUT2D eigenvalue weighted by Crippen LogP contribution is 2.33. The summed E-state index contributed by atoms with van der Waals surface area (Å²) in [5.74, 6) is -0.807. The Hall–Kier alpha value is -3.47. The molecule has 0 radical (unpaired) electrons. The van der Waals surface area contributed by atoms with E-state index < -0.39 is 30.0 Å². The van der Waals surface area contributed by atoms with Crippen LogP contribution in [-0.2, 0) is 9.53 Å². The SMILES string of the molecule is O=C1C=C(Nc2ncnc3c2ncn3[C@H]2C[C@H](O)[C@@H](CO)O2)c2ccccc2C1=O. The molecule has 3 atom stereocenters. The lowest BCUT2D eigenvalue weighted by Gasteiger charge is -2.17. The van der Waals surface area contributed by atoms with Gasteiger partial charge in [-0.3, -0.25) is 14.2 Å². The van der Waals surface area contributed by atoms with Crippen molar-refractivity contribution in [2.24, 2.45) is 0 Å². The van der Waals surface area contributed by atoms with Gasteiger partial charge >= 0.3 is 0 Å². The number of ketones is 2. The van der Waals surface area contributed by atoms with Gasteiger partial charge in [0.25, 0.3) is 0 Å². The van der Waals surface area contributed by atoms with E-state index in [1.54, 1.807) is 28.8 Å². The quantitative estimate of drug-likeness (QED) is 0.533. The monoisotopic (exact) mass is 407 g/mol. The first-order valence-electron chi connectivity index (χ1n) is 9.35. The fraction of sp³-hybridized carbons (Fsp3) is 0.250. The van der Waals surface area contributed by atoms with Crippen molar-refractivity contribution in [3.8, 4) is 0 Å². The standard InChI is InChI=1S/C20H17N5O5/c26-7-15-13(27)6-16(30-15)25-9-23-17-19(21-8-22-20(17)25)24-12-5-14(28)18(29)11-4-2-1-3-10(11)12/h1-5,8-9,13,15-16,26-27H,6-7H2,(H,21,22,24)/t13-,15+,16+/m0/s1. The summed E-state index contributed by atoms with van der Waals surface area (Å²) in [5.41, 5.74) is 2.27. The number of anilines is 1. The zero-order valence-corrected chi connectivity index (χ0v) is 15.6. The average molecular weight is 407 g/mol. The maximum atomic E-state index is 12.1. The molecule has 0 bridgehead atoms. The van der Waals surface area contributed by atoms with Gasteiger partial charge in [0.2, 0.25) is 11.6 Å². The van der Waals surface area contributed by atoms with E-state index in [4.69, 9.17) is 4.74 Å². The molecule has 10 heteroatoms. The van der Waals surface area contributed by atoms with Gasteiger partial charge in [0.1, 0.15) is 18.7 Å². The average Bonchev–Trinajstić information content (AvgIpc) is 3.35.